The quantitative estimate of drug-likeness (QED) is 0.843. The number of nitrogens with zero attached hydrogens (tertiary/aromatic N) is 1. The Kier molecular flexibility index (Phi) is 3.47. The van der Waals surface area contributed by atoms with Crippen LogP contribution in [-0.4, -0.2) is 35.2 Å². The monoisotopic (exact) mass is 256 g/mol. The Morgan fingerprint density at radius 3 is 2.59 bits per heavy atom. The fourth-order valence-corrected chi connectivity index (χ4v) is 3.51. The zero-order valence-electron chi connectivity index (χ0n) is 11.5. The molecule has 1 saturated heterocycles. The number of thioether (sulfide) groups is 1. The topological polar surface area (TPSA) is 33.6 Å². The Labute approximate surface area is 109 Å². The number of hydrogen-bond acceptors (Lipinski definition) is 3. The normalized spacial score (nSPS) is 36.6. The number of amidine groups is 1. The molecular formula is C13H24N2OS. The number of hydrogen-bond donors (Lipinski definition) is 1. The molecule has 2 rings (SSSR count). The van der Waals surface area contributed by atoms with Gasteiger partial charge in [0.25, 0.3) is 0 Å². The van der Waals surface area contributed by atoms with Crippen molar-refractivity contribution in [3.8, 4) is 0 Å². The summed E-state index contributed by atoms with van der Waals surface area (Å²) in [6, 6.07) is 0.406. The van der Waals surface area contributed by atoms with Gasteiger partial charge in [-0.1, -0.05) is 25.6 Å². The van der Waals surface area contributed by atoms with Crippen LogP contribution in [0, 0.1) is 5.41 Å². The summed E-state index contributed by atoms with van der Waals surface area (Å²) in [6.45, 7) is 11.8. The summed E-state index contributed by atoms with van der Waals surface area (Å²) < 4.78 is 5.73. The van der Waals surface area contributed by atoms with Crippen molar-refractivity contribution in [1.82, 2.24) is 5.32 Å². The van der Waals surface area contributed by atoms with Crippen LogP contribution in [0.2, 0.25) is 0 Å². The highest BCUT2D eigenvalue weighted by atomic mass is 32.2. The van der Waals surface area contributed by atoms with Crippen LogP contribution in [0.4, 0.5) is 0 Å². The molecule has 2 unspecified atom stereocenters. The molecule has 0 amide bonds. The van der Waals surface area contributed by atoms with E-state index in [1.807, 2.05) is 11.8 Å². The van der Waals surface area contributed by atoms with Crippen molar-refractivity contribution in [2.24, 2.45) is 10.4 Å². The van der Waals surface area contributed by atoms with Gasteiger partial charge in [-0.3, -0.25) is 4.99 Å². The van der Waals surface area contributed by atoms with E-state index in [0.717, 1.165) is 23.9 Å². The fourth-order valence-electron chi connectivity index (χ4n) is 2.39. The zero-order chi connectivity index (χ0) is 12.7. The number of rotatable bonds is 3. The van der Waals surface area contributed by atoms with Gasteiger partial charge in [0, 0.05) is 23.3 Å². The summed E-state index contributed by atoms with van der Waals surface area (Å²) in [6.07, 6.45) is 1.44. The summed E-state index contributed by atoms with van der Waals surface area (Å²) >= 11 is 1.84. The number of aliphatic imine (C=N–C) groups is 1. The Morgan fingerprint density at radius 2 is 2.12 bits per heavy atom. The van der Waals surface area contributed by atoms with E-state index in [-0.39, 0.29) is 11.0 Å². The molecule has 0 spiro atoms. The molecule has 2 atom stereocenters. The van der Waals surface area contributed by atoms with Gasteiger partial charge in [-0.2, -0.15) is 0 Å². The first-order valence-electron chi connectivity index (χ1n) is 6.45. The zero-order valence-corrected chi connectivity index (χ0v) is 12.4. The Balaban J connectivity index is 1.96. The van der Waals surface area contributed by atoms with Gasteiger partial charge >= 0.3 is 0 Å². The molecule has 0 aromatic rings. The SMILES string of the molecule is CCOC1CC(N=C2NC(C)(C)CS2)C1(C)C. The maximum Gasteiger partial charge on any atom is 0.157 e. The highest BCUT2D eigenvalue weighted by molar-refractivity contribution is 8.14. The molecule has 1 heterocycles. The first kappa shape index (κ1) is 13.2. The molecular weight excluding hydrogens is 232 g/mol. The van der Waals surface area contributed by atoms with Crippen LogP contribution in [0.15, 0.2) is 4.99 Å². The lowest BCUT2D eigenvalue weighted by atomic mass is 9.65. The van der Waals surface area contributed by atoms with Crippen molar-refractivity contribution in [3.63, 3.8) is 0 Å². The second-order valence-corrected chi connectivity index (χ2v) is 7.21. The van der Waals surface area contributed by atoms with Gasteiger partial charge in [-0.15, -0.1) is 0 Å². The van der Waals surface area contributed by atoms with Gasteiger partial charge in [0.05, 0.1) is 12.1 Å². The largest absolute Gasteiger partial charge is 0.378 e. The molecule has 0 aromatic carbocycles. The van der Waals surface area contributed by atoms with Crippen molar-refractivity contribution >= 4 is 16.9 Å². The van der Waals surface area contributed by atoms with Gasteiger partial charge in [0.1, 0.15) is 0 Å². The summed E-state index contributed by atoms with van der Waals surface area (Å²) in [4.78, 5) is 4.85. The van der Waals surface area contributed by atoms with Crippen LogP contribution in [0.1, 0.15) is 41.0 Å². The molecule has 98 valence electrons. The molecule has 3 nitrogen and oxygen atoms in total. The smallest absolute Gasteiger partial charge is 0.157 e. The number of nitrogens with one attached hydrogen (secondary N) is 1. The summed E-state index contributed by atoms with van der Waals surface area (Å²) in [7, 11) is 0. The molecule has 2 fully saturated rings. The second-order valence-electron chi connectivity index (χ2n) is 6.25. The Hall–Kier alpha value is -0.220. The lowest BCUT2D eigenvalue weighted by Gasteiger charge is -2.49. The third-order valence-electron chi connectivity index (χ3n) is 3.78. The first-order chi connectivity index (χ1) is 7.85. The average Bonchev–Trinajstić information content (AvgIpc) is 2.57. The molecule has 0 bridgehead atoms. The van der Waals surface area contributed by atoms with Crippen LogP contribution in [0.3, 0.4) is 0 Å². The minimum atomic E-state index is 0.179. The van der Waals surface area contributed by atoms with Gasteiger partial charge in [0.15, 0.2) is 5.17 Å². The van der Waals surface area contributed by atoms with Gasteiger partial charge in [0.2, 0.25) is 0 Å². The summed E-state index contributed by atoms with van der Waals surface area (Å²) in [5.74, 6) is 1.11. The summed E-state index contributed by atoms with van der Waals surface area (Å²) in [5, 5.41) is 4.60. The molecule has 1 aliphatic heterocycles. The number of ether oxygens (including phenoxy) is 1. The molecule has 2 aliphatic rings. The van der Waals surface area contributed by atoms with Crippen molar-refractivity contribution in [2.75, 3.05) is 12.4 Å². The van der Waals surface area contributed by atoms with E-state index < -0.39 is 0 Å². The molecule has 1 saturated carbocycles. The van der Waals surface area contributed by atoms with Crippen LogP contribution >= 0.6 is 11.8 Å². The van der Waals surface area contributed by atoms with Crippen molar-refractivity contribution in [2.45, 2.75) is 58.7 Å². The minimum absolute atomic E-state index is 0.179. The van der Waals surface area contributed by atoms with E-state index in [9.17, 15) is 0 Å². The van der Waals surface area contributed by atoms with Crippen LogP contribution in [0.5, 0.6) is 0 Å². The van der Waals surface area contributed by atoms with Gasteiger partial charge in [-0.05, 0) is 27.2 Å². The van der Waals surface area contributed by atoms with Crippen molar-refractivity contribution in [3.05, 3.63) is 0 Å². The van der Waals surface area contributed by atoms with E-state index in [0.29, 0.717) is 12.1 Å². The van der Waals surface area contributed by atoms with E-state index in [1.165, 1.54) is 0 Å². The highest BCUT2D eigenvalue weighted by Crippen LogP contribution is 2.45. The molecule has 0 radical (unpaired) electrons. The second kappa shape index (κ2) is 4.47. The average molecular weight is 256 g/mol. The van der Waals surface area contributed by atoms with Gasteiger partial charge < -0.3 is 10.1 Å². The third-order valence-corrected chi connectivity index (χ3v) is 5.13. The first-order valence-corrected chi connectivity index (χ1v) is 7.44. The minimum Gasteiger partial charge on any atom is -0.378 e. The van der Waals surface area contributed by atoms with Crippen LogP contribution in [-0.2, 0) is 4.74 Å². The van der Waals surface area contributed by atoms with E-state index in [4.69, 9.17) is 9.73 Å². The summed E-state index contributed by atoms with van der Waals surface area (Å²) in [5.41, 5.74) is 0.370. The maximum absolute atomic E-state index is 5.73. The van der Waals surface area contributed by atoms with Crippen LogP contribution < -0.4 is 5.32 Å². The van der Waals surface area contributed by atoms with E-state index in [2.05, 4.69) is 39.9 Å². The molecule has 0 aromatic heterocycles. The lowest BCUT2D eigenvalue weighted by molar-refractivity contribution is -0.103. The molecule has 17 heavy (non-hydrogen) atoms. The maximum atomic E-state index is 5.73. The molecule has 1 N–H and O–H groups in total. The Morgan fingerprint density at radius 1 is 1.41 bits per heavy atom. The molecule has 4 heteroatoms. The Bertz CT molecular complexity index is 325. The molecule has 1 aliphatic carbocycles. The van der Waals surface area contributed by atoms with Crippen molar-refractivity contribution < 1.29 is 4.74 Å². The predicted molar refractivity (Wildman–Crippen MR) is 74.7 cm³/mol. The third kappa shape index (κ3) is 2.63. The van der Waals surface area contributed by atoms with E-state index in [1.54, 1.807) is 0 Å². The predicted octanol–water partition coefficient (Wildman–Crippen LogP) is 2.66. The fraction of sp³-hybridized carbons (Fsp3) is 0.923. The van der Waals surface area contributed by atoms with E-state index >= 15 is 0 Å². The van der Waals surface area contributed by atoms with Gasteiger partial charge in [-0.25, -0.2) is 0 Å². The van der Waals surface area contributed by atoms with Crippen LogP contribution in [0.25, 0.3) is 0 Å². The standard InChI is InChI=1S/C13H24N2OS/c1-6-16-10-7-9(13(10,4)5)14-11-15-12(2,3)8-17-11/h9-10H,6-8H2,1-5H3,(H,14,15). The highest BCUT2D eigenvalue weighted by Gasteiger charge is 2.49. The lowest BCUT2D eigenvalue weighted by Crippen LogP contribution is -2.54. The van der Waals surface area contributed by atoms with Crippen molar-refractivity contribution in [1.29, 1.82) is 0 Å².